The predicted octanol–water partition coefficient (Wildman–Crippen LogP) is 2.98. The van der Waals surface area contributed by atoms with Crippen LogP contribution in [-0.4, -0.2) is 42.3 Å². The summed E-state index contributed by atoms with van der Waals surface area (Å²) < 4.78 is 0. The molecule has 3 amide bonds. The molecule has 176 valence electrons. The Morgan fingerprint density at radius 2 is 1.60 bits per heavy atom. The molecule has 4 aromatic rings. The molecular formula is C27H25N5O3. The zero-order chi connectivity index (χ0) is 24.5. The van der Waals surface area contributed by atoms with Crippen molar-refractivity contribution in [2.24, 2.45) is 5.73 Å². The van der Waals surface area contributed by atoms with Crippen molar-refractivity contribution in [2.45, 2.75) is 12.1 Å². The lowest BCUT2D eigenvalue weighted by atomic mass is 9.96. The Balaban J connectivity index is 1.61. The van der Waals surface area contributed by atoms with E-state index in [0.717, 1.165) is 22.2 Å². The molecule has 35 heavy (non-hydrogen) atoms. The van der Waals surface area contributed by atoms with Crippen molar-refractivity contribution >= 4 is 40.0 Å². The zero-order valence-electron chi connectivity index (χ0n) is 19.1. The maximum absolute atomic E-state index is 14.0. The second-order valence-electron chi connectivity index (χ2n) is 8.57. The molecule has 0 spiro atoms. The first-order chi connectivity index (χ1) is 16.9. The van der Waals surface area contributed by atoms with Crippen molar-refractivity contribution in [3.8, 4) is 0 Å². The molecule has 2 heterocycles. The molecule has 4 N–H and O–H groups in total. The first kappa shape index (κ1) is 22.2. The number of aromatic amines is 1. The molecule has 0 saturated carbocycles. The van der Waals surface area contributed by atoms with Crippen LogP contribution in [0.3, 0.4) is 0 Å². The third kappa shape index (κ3) is 4.10. The van der Waals surface area contributed by atoms with Gasteiger partial charge in [0.1, 0.15) is 18.3 Å². The Labute approximate surface area is 202 Å². The van der Waals surface area contributed by atoms with E-state index in [1.165, 1.54) is 4.90 Å². The van der Waals surface area contributed by atoms with Gasteiger partial charge in [-0.15, -0.1) is 0 Å². The summed E-state index contributed by atoms with van der Waals surface area (Å²) in [6, 6.07) is 24.6. The fraction of sp³-hybridized carbons (Fsp3) is 0.148. The van der Waals surface area contributed by atoms with Crippen molar-refractivity contribution in [1.29, 1.82) is 0 Å². The molecule has 0 saturated heterocycles. The predicted molar refractivity (Wildman–Crippen MR) is 135 cm³/mol. The standard InChI is InChI=1S/C27H25N5O3/c1-31-21-13-7-8-14-22(21)32(16-23(28)33)27(35)24(25(31)17-9-3-2-4-10-17)30-26(34)20-15-18-11-5-6-12-19(18)29-20/h2-15,24-25,29H,16H2,1H3,(H2,28,33)(H,30,34)/t24-,25+/m1/s1. The van der Waals surface area contributed by atoms with Crippen LogP contribution in [0.5, 0.6) is 0 Å². The number of carbonyl (C=O) groups excluding carboxylic acids is 3. The number of anilines is 2. The maximum Gasteiger partial charge on any atom is 0.268 e. The number of likely N-dealkylation sites (N-methyl/N-ethyl adjacent to an activating group) is 1. The number of primary amides is 1. The highest BCUT2D eigenvalue weighted by Gasteiger charge is 2.42. The second-order valence-corrected chi connectivity index (χ2v) is 8.57. The Morgan fingerprint density at radius 3 is 2.31 bits per heavy atom. The number of nitrogens with one attached hydrogen (secondary N) is 2. The summed E-state index contributed by atoms with van der Waals surface area (Å²) in [5.41, 5.74) is 8.84. The molecule has 3 aromatic carbocycles. The second kappa shape index (κ2) is 8.98. The third-order valence-electron chi connectivity index (χ3n) is 6.33. The molecule has 0 radical (unpaired) electrons. The van der Waals surface area contributed by atoms with Gasteiger partial charge in [0.2, 0.25) is 5.91 Å². The molecule has 1 aliphatic rings. The highest BCUT2D eigenvalue weighted by molar-refractivity contribution is 6.08. The van der Waals surface area contributed by atoms with Crippen LogP contribution in [0, 0.1) is 0 Å². The minimum absolute atomic E-state index is 0.302. The van der Waals surface area contributed by atoms with Crippen LogP contribution in [0.4, 0.5) is 11.4 Å². The largest absolute Gasteiger partial charge is 0.368 e. The molecule has 8 heteroatoms. The summed E-state index contributed by atoms with van der Waals surface area (Å²) in [6.45, 7) is -0.302. The number of H-pyrrole nitrogens is 1. The van der Waals surface area contributed by atoms with Crippen LogP contribution in [0.15, 0.2) is 84.9 Å². The lowest BCUT2D eigenvalue weighted by Gasteiger charge is -2.33. The number of fused-ring (bicyclic) bond motifs is 2. The molecule has 8 nitrogen and oxygen atoms in total. The van der Waals surface area contributed by atoms with E-state index in [2.05, 4.69) is 10.3 Å². The average Bonchev–Trinajstić information content (AvgIpc) is 3.28. The smallest absolute Gasteiger partial charge is 0.268 e. The molecular weight excluding hydrogens is 442 g/mol. The van der Waals surface area contributed by atoms with E-state index < -0.39 is 29.8 Å². The topological polar surface area (TPSA) is 112 Å². The van der Waals surface area contributed by atoms with Gasteiger partial charge < -0.3 is 20.9 Å². The highest BCUT2D eigenvalue weighted by atomic mass is 16.2. The summed E-state index contributed by atoms with van der Waals surface area (Å²) >= 11 is 0. The van der Waals surface area contributed by atoms with Gasteiger partial charge in [0, 0.05) is 18.0 Å². The minimum Gasteiger partial charge on any atom is -0.368 e. The molecule has 1 aliphatic heterocycles. The number of para-hydroxylation sites is 3. The quantitative estimate of drug-likeness (QED) is 0.419. The van der Waals surface area contributed by atoms with E-state index in [0.29, 0.717) is 11.4 Å². The van der Waals surface area contributed by atoms with Gasteiger partial charge in [-0.1, -0.05) is 60.7 Å². The number of nitrogens with two attached hydrogens (primary N) is 1. The molecule has 0 bridgehead atoms. The lowest BCUT2D eigenvalue weighted by Crippen LogP contribution is -2.54. The van der Waals surface area contributed by atoms with Gasteiger partial charge in [-0.3, -0.25) is 19.3 Å². The van der Waals surface area contributed by atoms with E-state index >= 15 is 0 Å². The lowest BCUT2D eigenvalue weighted by molar-refractivity contribution is -0.123. The zero-order valence-corrected chi connectivity index (χ0v) is 19.1. The normalized spacial score (nSPS) is 17.7. The summed E-state index contributed by atoms with van der Waals surface area (Å²) in [6.07, 6.45) is 0. The highest BCUT2D eigenvalue weighted by Crippen LogP contribution is 2.39. The van der Waals surface area contributed by atoms with E-state index in [9.17, 15) is 14.4 Å². The molecule has 1 aromatic heterocycles. The first-order valence-electron chi connectivity index (χ1n) is 11.3. The van der Waals surface area contributed by atoms with Gasteiger partial charge >= 0.3 is 0 Å². The minimum atomic E-state index is -0.993. The fourth-order valence-electron chi connectivity index (χ4n) is 4.73. The van der Waals surface area contributed by atoms with Crippen LogP contribution in [0.25, 0.3) is 10.9 Å². The fourth-order valence-corrected chi connectivity index (χ4v) is 4.73. The van der Waals surface area contributed by atoms with Crippen LogP contribution in [-0.2, 0) is 9.59 Å². The van der Waals surface area contributed by atoms with Crippen LogP contribution >= 0.6 is 0 Å². The Morgan fingerprint density at radius 1 is 0.943 bits per heavy atom. The monoisotopic (exact) mass is 467 g/mol. The Kier molecular flexibility index (Phi) is 5.70. The Bertz CT molecular complexity index is 1380. The summed E-state index contributed by atoms with van der Waals surface area (Å²) in [4.78, 5) is 45.8. The SMILES string of the molecule is CN1c2ccccc2N(CC(N)=O)C(=O)[C@H](NC(=O)c2cc3ccccc3[nH]2)[C@@H]1c1ccccc1. The first-order valence-corrected chi connectivity index (χ1v) is 11.3. The Hall–Kier alpha value is -4.59. The van der Waals surface area contributed by atoms with E-state index in [-0.39, 0.29) is 6.54 Å². The van der Waals surface area contributed by atoms with Gasteiger partial charge in [-0.25, -0.2) is 0 Å². The van der Waals surface area contributed by atoms with Crippen LogP contribution in [0.1, 0.15) is 22.1 Å². The number of rotatable bonds is 5. The number of hydrogen-bond donors (Lipinski definition) is 3. The van der Waals surface area contributed by atoms with Gasteiger partial charge in [0.05, 0.1) is 17.4 Å². The van der Waals surface area contributed by atoms with Crippen LogP contribution < -0.4 is 20.9 Å². The molecule has 0 fully saturated rings. The molecule has 5 rings (SSSR count). The van der Waals surface area contributed by atoms with E-state index in [1.54, 1.807) is 18.2 Å². The van der Waals surface area contributed by atoms with Crippen molar-refractivity contribution in [3.05, 3.63) is 96.2 Å². The molecule has 2 atom stereocenters. The summed E-state index contributed by atoms with van der Waals surface area (Å²) in [5, 5.41) is 3.84. The summed E-state index contributed by atoms with van der Waals surface area (Å²) in [5.74, 6) is -1.48. The van der Waals surface area contributed by atoms with Crippen LogP contribution in [0.2, 0.25) is 0 Å². The van der Waals surface area contributed by atoms with Gasteiger partial charge in [-0.2, -0.15) is 0 Å². The van der Waals surface area contributed by atoms with Gasteiger partial charge in [-0.05, 0) is 29.8 Å². The maximum atomic E-state index is 14.0. The van der Waals surface area contributed by atoms with E-state index in [1.807, 2.05) is 78.7 Å². The number of aromatic nitrogens is 1. The third-order valence-corrected chi connectivity index (χ3v) is 6.33. The van der Waals surface area contributed by atoms with Gasteiger partial charge in [0.25, 0.3) is 11.8 Å². The molecule has 0 aliphatic carbocycles. The van der Waals surface area contributed by atoms with Gasteiger partial charge in [0.15, 0.2) is 0 Å². The van der Waals surface area contributed by atoms with Crippen molar-refractivity contribution in [2.75, 3.05) is 23.4 Å². The van der Waals surface area contributed by atoms with Crippen molar-refractivity contribution in [1.82, 2.24) is 10.3 Å². The average molecular weight is 468 g/mol. The van der Waals surface area contributed by atoms with Crippen molar-refractivity contribution < 1.29 is 14.4 Å². The number of benzene rings is 3. The number of nitrogens with zero attached hydrogens (tertiary/aromatic N) is 2. The molecule has 0 unspecified atom stereocenters. The number of amides is 3. The van der Waals surface area contributed by atoms with E-state index in [4.69, 9.17) is 5.73 Å². The van der Waals surface area contributed by atoms with Crippen molar-refractivity contribution in [3.63, 3.8) is 0 Å². The number of hydrogen-bond acceptors (Lipinski definition) is 4. The summed E-state index contributed by atoms with van der Waals surface area (Å²) in [7, 11) is 1.87. The number of carbonyl (C=O) groups is 3.